The van der Waals surface area contributed by atoms with E-state index in [0.717, 1.165) is 29.9 Å². The molecule has 0 atom stereocenters. The molecule has 0 aliphatic carbocycles. The van der Waals surface area contributed by atoms with Crippen molar-refractivity contribution < 1.29 is 0 Å². The number of nitrogens with zero attached hydrogens (tertiary/aromatic N) is 2. The van der Waals surface area contributed by atoms with Gasteiger partial charge in [-0.2, -0.15) is 0 Å². The molecule has 1 aliphatic heterocycles. The number of anilines is 1. The van der Waals surface area contributed by atoms with Gasteiger partial charge in [-0.15, -0.1) is 0 Å². The van der Waals surface area contributed by atoms with Gasteiger partial charge < -0.3 is 10.6 Å². The summed E-state index contributed by atoms with van der Waals surface area (Å²) in [6, 6.07) is 1.95. The minimum atomic E-state index is 0.572. The van der Waals surface area contributed by atoms with E-state index in [2.05, 4.69) is 16.5 Å². The van der Waals surface area contributed by atoms with Crippen molar-refractivity contribution in [3.05, 3.63) is 35.3 Å². The summed E-state index contributed by atoms with van der Waals surface area (Å²) >= 11 is 5.99. The zero-order valence-corrected chi connectivity index (χ0v) is 8.59. The van der Waals surface area contributed by atoms with Gasteiger partial charge in [0.1, 0.15) is 5.15 Å². The number of hydrogen-bond donors (Lipinski definition) is 1. The van der Waals surface area contributed by atoms with E-state index in [4.69, 9.17) is 17.3 Å². The van der Waals surface area contributed by atoms with Gasteiger partial charge in [0.05, 0.1) is 0 Å². The third-order valence-electron chi connectivity index (χ3n) is 2.38. The van der Waals surface area contributed by atoms with E-state index in [1.54, 1.807) is 6.20 Å². The molecule has 3 nitrogen and oxygen atoms in total. The predicted octanol–water partition coefficient (Wildman–Crippen LogP) is 1.57. The van der Waals surface area contributed by atoms with Crippen LogP contribution in [0.25, 0.3) is 0 Å². The second-order valence-corrected chi connectivity index (χ2v) is 3.64. The molecule has 74 valence electrons. The van der Waals surface area contributed by atoms with Gasteiger partial charge in [0.25, 0.3) is 0 Å². The average molecular weight is 210 g/mol. The highest BCUT2D eigenvalue weighted by Gasteiger charge is 2.24. The van der Waals surface area contributed by atoms with Crippen LogP contribution in [0, 0.1) is 0 Å². The van der Waals surface area contributed by atoms with Gasteiger partial charge in [0.15, 0.2) is 0 Å². The molecule has 0 bridgehead atoms. The molecule has 0 aromatic carbocycles. The maximum Gasteiger partial charge on any atom is 0.134 e. The number of pyridine rings is 1. The number of allylic oxidation sites excluding steroid dienone is 1. The van der Waals surface area contributed by atoms with Crippen LogP contribution in [0.2, 0.25) is 5.15 Å². The Hall–Kier alpha value is -1.06. The molecule has 0 radical (unpaired) electrons. The van der Waals surface area contributed by atoms with Gasteiger partial charge >= 0.3 is 0 Å². The second kappa shape index (κ2) is 3.59. The third-order valence-corrected chi connectivity index (χ3v) is 2.71. The molecule has 4 heteroatoms. The molecule has 0 saturated heterocycles. The van der Waals surface area contributed by atoms with E-state index in [0.29, 0.717) is 11.7 Å². The summed E-state index contributed by atoms with van der Waals surface area (Å²) in [6.45, 7) is 5.39. The molecule has 0 unspecified atom stereocenters. The summed E-state index contributed by atoms with van der Waals surface area (Å²) in [5.41, 5.74) is 8.74. The van der Waals surface area contributed by atoms with Crippen LogP contribution in [-0.2, 0) is 6.42 Å². The smallest absolute Gasteiger partial charge is 0.134 e. The number of hydrogen-bond acceptors (Lipinski definition) is 3. The molecule has 2 heterocycles. The molecular weight excluding hydrogens is 198 g/mol. The fraction of sp³-hybridized carbons (Fsp3) is 0.300. The van der Waals surface area contributed by atoms with E-state index in [1.165, 1.54) is 0 Å². The predicted molar refractivity (Wildman–Crippen MR) is 58.5 cm³/mol. The molecule has 1 aromatic heterocycles. The van der Waals surface area contributed by atoms with E-state index in [-0.39, 0.29) is 0 Å². The topological polar surface area (TPSA) is 42.2 Å². The van der Waals surface area contributed by atoms with Crippen LogP contribution in [0.3, 0.4) is 0 Å². The van der Waals surface area contributed by atoms with Crippen LogP contribution in [0.1, 0.15) is 5.56 Å². The molecular formula is C10H12ClN3. The third kappa shape index (κ3) is 1.38. The molecule has 0 saturated carbocycles. The number of aromatic nitrogens is 1. The normalized spacial score (nSPS) is 14.7. The van der Waals surface area contributed by atoms with Crippen LogP contribution >= 0.6 is 11.6 Å². The Morgan fingerprint density at radius 1 is 1.64 bits per heavy atom. The fourth-order valence-corrected chi connectivity index (χ4v) is 1.97. The lowest BCUT2D eigenvalue weighted by atomic mass is 10.2. The van der Waals surface area contributed by atoms with Crippen molar-refractivity contribution in [2.45, 2.75) is 6.42 Å². The lowest BCUT2D eigenvalue weighted by Crippen LogP contribution is -2.25. The van der Waals surface area contributed by atoms with Crippen LogP contribution in [0.5, 0.6) is 0 Å². The Kier molecular flexibility index (Phi) is 2.44. The van der Waals surface area contributed by atoms with Crippen LogP contribution in [0.4, 0.5) is 5.69 Å². The zero-order chi connectivity index (χ0) is 10.1. The van der Waals surface area contributed by atoms with Gasteiger partial charge in [0.2, 0.25) is 0 Å². The number of nitrogens with two attached hydrogens (primary N) is 1. The highest BCUT2D eigenvalue weighted by atomic mass is 35.5. The first-order chi connectivity index (χ1) is 6.74. The van der Waals surface area contributed by atoms with Crippen molar-refractivity contribution in [1.29, 1.82) is 0 Å². The highest BCUT2D eigenvalue weighted by molar-refractivity contribution is 6.30. The second-order valence-electron chi connectivity index (χ2n) is 3.28. The molecule has 1 aliphatic rings. The largest absolute Gasteiger partial charge is 0.344 e. The SMILES string of the molecule is C=C1Cc2c(ccnc2Cl)N1CCN. The van der Waals surface area contributed by atoms with Crippen molar-refractivity contribution in [3.8, 4) is 0 Å². The summed E-state index contributed by atoms with van der Waals surface area (Å²) in [4.78, 5) is 6.15. The lowest BCUT2D eigenvalue weighted by Gasteiger charge is -2.19. The molecule has 14 heavy (non-hydrogen) atoms. The summed E-state index contributed by atoms with van der Waals surface area (Å²) in [7, 11) is 0. The van der Waals surface area contributed by atoms with Gasteiger partial charge in [-0.05, 0) is 6.07 Å². The minimum Gasteiger partial charge on any atom is -0.344 e. The maximum atomic E-state index is 5.99. The van der Waals surface area contributed by atoms with Gasteiger partial charge in [0, 0.05) is 42.7 Å². The lowest BCUT2D eigenvalue weighted by molar-refractivity contribution is 0.892. The Labute approximate surface area is 88.2 Å². The monoisotopic (exact) mass is 209 g/mol. The highest BCUT2D eigenvalue weighted by Crippen LogP contribution is 2.36. The Bertz CT molecular complexity index is 376. The molecule has 1 aromatic rings. The first-order valence-electron chi connectivity index (χ1n) is 4.53. The van der Waals surface area contributed by atoms with Gasteiger partial charge in [-0.25, -0.2) is 4.98 Å². The quantitative estimate of drug-likeness (QED) is 0.752. The summed E-state index contributed by atoms with van der Waals surface area (Å²) < 4.78 is 0. The number of rotatable bonds is 2. The Morgan fingerprint density at radius 2 is 2.43 bits per heavy atom. The Morgan fingerprint density at radius 3 is 3.14 bits per heavy atom. The van der Waals surface area contributed by atoms with Gasteiger partial charge in [-0.3, -0.25) is 0 Å². The molecule has 0 fully saturated rings. The number of fused-ring (bicyclic) bond motifs is 1. The summed E-state index contributed by atoms with van der Waals surface area (Å²) in [5.74, 6) is 0. The van der Waals surface area contributed by atoms with Crippen LogP contribution in [-0.4, -0.2) is 18.1 Å². The maximum absolute atomic E-state index is 5.99. The molecule has 2 N–H and O–H groups in total. The fourth-order valence-electron chi connectivity index (χ4n) is 1.75. The first-order valence-corrected chi connectivity index (χ1v) is 4.90. The standard InChI is InChI=1S/C10H12ClN3/c1-7-6-8-9(14(7)5-3-12)2-4-13-10(8)11/h2,4H,1,3,5-6,12H2. The van der Waals surface area contributed by atoms with Gasteiger partial charge in [-0.1, -0.05) is 18.2 Å². The van der Waals surface area contributed by atoms with Crippen molar-refractivity contribution in [2.75, 3.05) is 18.0 Å². The van der Waals surface area contributed by atoms with Crippen molar-refractivity contribution in [3.63, 3.8) is 0 Å². The first kappa shape index (κ1) is 9.49. The van der Waals surface area contributed by atoms with Crippen molar-refractivity contribution >= 4 is 17.3 Å². The van der Waals surface area contributed by atoms with E-state index < -0.39 is 0 Å². The molecule has 2 rings (SSSR count). The molecule has 0 amide bonds. The summed E-state index contributed by atoms with van der Waals surface area (Å²) in [6.07, 6.45) is 2.49. The van der Waals surface area contributed by atoms with Crippen molar-refractivity contribution in [2.24, 2.45) is 5.73 Å². The van der Waals surface area contributed by atoms with E-state index in [9.17, 15) is 0 Å². The minimum absolute atomic E-state index is 0.572. The van der Waals surface area contributed by atoms with Crippen LogP contribution in [0.15, 0.2) is 24.5 Å². The summed E-state index contributed by atoms with van der Waals surface area (Å²) in [5, 5.41) is 0.572. The van der Waals surface area contributed by atoms with E-state index in [1.807, 2.05) is 6.07 Å². The molecule has 0 spiro atoms. The van der Waals surface area contributed by atoms with Crippen molar-refractivity contribution in [1.82, 2.24) is 4.98 Å². The van der Waals surface area contributed by atoms with E-state index >= 15 is 0 Å². The average Bonchev–Trinajstić information content (AvgIpc) is 2.47. The Balaban J connectivity index is 2.42. The van der Waals surface area contributed by atoms with Crippen LogP contribution < -0.4 is 10.6 Å². The zero-order valence-electron chi connectivity index (χ0n) is 7.83. The number of halogens is 1.